The van der Waals surface area contributed by atoms with Crippen molar-refractivity contribution in [3.63, 3.8) is 0 Å². The molecular formula is C12H16N4O6S. The fourth-order valence-electron chi connectivity index (χ4n) is 2.30. The van der Waals surface area contributed by atoms with Crippen molar-refractivity contribution < 1.29 is 18.3 Å². The van der Waals surface area contributed by atoms with E-state index in [1.165, 1.54) is 18.7 Å². The Balaban J connectivity index is 2.85. The molecule has 0 aliphatic rings. The molecule has 10 nitrogen and oxygen atoms in total. The van der Waals surface area contributed by atoms with Crippen molar-refractivity contribution in [1.82, 2.24) is 18.7 Å². The van der Waals surface area contributed by atoms with Crippen LogP contribution in [0.4, 0.5) is 0 Å². The lowest BCUT2D eigenvalue weighted by Crippen LogP contribution is -2.37. The number of carboxylic acids is 1. The molecule has 0 aliphatic carbocycles. The van der Waals surface area contributed by atoms with E-state index in [1.54, 1.807) is 6.92 Å². The molecule has 0 amide bonds. The lowest BCUT2D eigenvalue weighted by Gasteiger charge is -2.09. The zero-order valence-electron chi connectivity index (χ0n) is 12.8. The number of aryl methyl sites for hydroxylation is 2. The highest BCUT2D eigenvalue weighted by Gasteiger charge is 2.27. The van der Waals surface area contributed by atoms with E-state index < -0.39 is 44.4 Å². The van der Waals surface area contributed by atoms with E-state index >= 15 is 0 Å². The van der Waals surface area contributed by atoms with Crippen molar-refractivity contribution in [2.75, 3.05) is 5.75 Å². The average molecular weight is 344 g/mol. The number of hydrogen-bond donors (Lipinski definition) is 1. The Labute approximate surface area is 130 Å². The van der Waals surface area contributed by atoms with Crippen LogP contribution in [0.1, 0.15) is 13.3 Å². The number of carboxylic acid groups (broad SMARTS) is 1. The van der Waals surface area contributed by atoms with E-state index in [9.17, 15) is 22.8 Å². The summed E-state index contributed by atoms with van der Waals surface area (Å²) >= 11 is 0. The summed E-state index contributed by atoms with van der Waals surface area (Å²) in [6.45, 7) is 1.79. The molecule has 11 heteroatoms. The van der Waals surface area contributed by atoms with Crippen molar-refractivity contribution in [2.45, 2.75) is 25.0 Å². The van der Waals surface area contributed by atoms with E-state index in [4.69, 9.17) is 5.11 Å². The summed E-state index contributed by atoms with van der Waals surface area (Å²) in [6.07, 6.45) is -0.577. The molecular weight excluding hydrogens is 328 g/mol. The van der Waals surface area contributed by atoms with E-state index in [0.29, 0.717) is 0 Å². The van der Waals surface area contributed by atoms with E-state index in [2.05, 4.69) is 4.98 Å². The summed E-state index contributed by atoms with van der Waals surface area (Å²) in [5.41, 5.74) is -1.36. The molecule has 2 aromatic rings. The molecule has 0 radical (unpaired) electrons. The minimum Gasteiger partial charge on any atom is -0.481 e. The third kappa shape index (κ3) is 2.67. The van der Waals surface area contributed by atoms with E-state index in [0.717, 1.165) is 9.13 Å². The first-order valence-corrected chi connectivity index (χ1v) is 8.37. The van der Waals surface area contributed by atoms with Crippen molar-refractivity contribution in [1.29, 1.82) is 0 Å². The maximum absolute atomic E-state index is 12.3. The van der Waals surface area contributed by atoms with Gasteiger partial charge in [0.1, 0.15) is 0 Å². The number of aromatic nitrogens is 4. The molecule has 0 saturated heterocycles. The predicted molar refractivity (Wildman–Crippen MR) is 80.2 cm³/mol. The molecule has 0 fully saturated rings. The monoisotopic (exact) mass is 344 g/mol. The number of hydrogen-bond acceptors (Lipinski definition) is 6. The SMILES string of the molecule is CCn1c(S(=O)(=O)CCC(=O)O)nc2c(=O)n(C)c(=O)n(C)c21. The third-order valence-corrected chi connectivity index (χ3v) is 5.09. The molecule has 0 aromatic carbocycles. The van der Waals surface area contributed by atoms with Gasteiger partial charge in [-0.25, -0.2) is 18.2 Å². The Kier molecular flexibility index (Phi) is 4.16. The van der Waals surface area contributed by atoms with Gasteiger partial charge < -0.3 is 9.67 Å². The second-order valence-corrected chi connectivity index (χ2v) is 6.98. The number of sulfone groups is 1. The van der Waals surface area contributed by atoms with Gasteiger partial charge in [-0.3, -0.25) is 18.7 Å². The highest BCUT2D eigenvalue weighted by Crippen LogP contribution is 2.17. The molecule has 0 atom stereocenters. The molecule has 0 bridgehead atoms. The van der Waals surface area contributed by atoms with Gasteiger partial charge in [0.15, 0.2) is 11.2 Å². The summed E-state index contributed by atoms with van der Waals surface area (Å²) in [5.74, 6) is -1.89. The highest BCUT2D eigenvalue weighted by molar-refractivity contribution is 7.91. The van der Waals surface area contributed by atoms with Crippen molar-refractivity contribution in [2.24, 2.45) is 14.1 Å². The van der Waals surface area contributed by atoms with Gasteiger partial charge in [-0.05, 0) is 6.92 Å². The van der Waals surface area contributed by atoms with Crippen LogP contribution in [0.25, 0.3) is 11.2 Å². The second-order valence-electron chi connectivity index (χ2n) is 4.98. The Hall–Kier alpha value is -2.43. The van der Waals surface area contributed by atoms with Gasteiger partial charge in [-0.1, -0.05) is 0 Å². The zero-order valence-corrected chi connectivity index (χ0v) is 13.6. The van der Waals surface area contributed by atoms with E-state index in [-0.39, 0.29) is 17.7 Å². The highest BCUT2D eigenvalue weighted by atomic mass is 32.2. The zero-order chi connectivity index (χ0) is 17.5. The Bertz CT molecular complexity index is 1010. The smallest absolute Gasteiger partial charge is 0.332 e. The Morgan fingerprint density at radius 1 is 1.22 bits per heavy atom. The molecule has 0 aliphatic heterocycles. The fraction of sp³-hybridized carbons (Fsp3) is 0.500. The molecule has 23 heavy (non-hydrogen) atoms. The van der Waals surface area contributed by atoms with Gasteiger partial charge in [0.25, 0.3) is 5.56 Å². The largest absolute Gasteiger partial charge is 0.481 e. The quantitative estimate of drug-likeness (QED) is 0.712. The molecule has 0 unspecified atom stereocenters. The molecule has 0 saturated carbocycles. The summed E-state index contributed by atoms with van der Waals surface area (Å²) in [6, 6.07) is 0. The predicted octanol–water partition coefficient (Wildman–Crippen LogP) is -1.30. The molecule has 0 spiro atoms. The molecule has 2 aromatic heterocycles. The first-order chi connectivity index (χ1) is 10.6. The summed E-state index contributed by atoms with van der Waals surface area (Å²) in [7, 11) is -1.33. The maximum atomic E-state index is 12.3. The van der Waals surface area contributed by atoms with Crippen LogP contribution >= 0.6 is 0 Å². The first-order valence-electron chi connectivity index (χ1n) is 6.72. The van der Waals surface area contributed by atoms with Crippen molar-refractivity contribution in [3.05, 3.63) is 20.8 Å². The number of aliphatic carboxylic acids is 1. The van der Waals surface area contributed by atoms with Gasteiger partial charge in [0.2, 0.25) is 15.0 Å². The summed E-state index contributed by atoms with van der Waals surface area (Å²) in [5, 5.41) is 8.25. The minimum atomic E-state index is -4.01. The van der Waals surface area contributed by atoms with Crippen LogP contribution in [-0.2, 0) is 35.3 Å². The van der Waals surface area contributed by atoms with Gasteiger partial charge in [0.05, 0.1) is 12.2 Å². The van der Waals surface area contributed by atoms with Crippen LogP contribution in [0, 0.1) is 0 Å². The Morgan fingerprint density at radius 2 is 1.83 bits per heavy atom. The molecule has 126 valence electrons. The number of rotatable bonds is 5. The number of fused-ring (bicyclic) bond motifs is 1. The fourth-order valence-corrected chi connectivity index (χ4v) is 3.71. The summed E-state index contributed by atoms with van der Waals surface area (Å²) in [4.78, 5) is 38.7. The van der Waals surface area contributed by atoms with E-state index in [1.807, 2.05) is 0 Å². The van der Waals surface area contributed by atoms with Gasteiger partial charge in [0, 0.05) is 20.6 Å². The first kappa shape index (κ1) is 16.9. The molecule has 1 N–H and O–H groups in total. The number of nitrogens with zero attached hydrogens (tertiary/aromatic N) is 4. The van der Waals surface area contributed by atoms with Crippen LogP contribution in [0.5, 0.6) is 0 Å². The maximum Gasteiger partial charge on any atom is 0.332 e. The number of imidazole rings is 1. The van der Waals surface area contributed by atoms with Gasteiger partial charge >= 0.3 is 11.7 Å². The number of carbonyl (C=O) groups is 1. The van der Waals surface area contributed by atoms with Crippen LogP contribution in [0.2, 0.25) is 0 Å². The lowest BCUT2D eigenvalue weighted by molar-refractivity contribution is -0.136. The van der Waals surface area contributed by atoms with Crippen molar-refractivity contribution >= 4 is 27.0 Å². The Morgan fingerprint density at radius 3 is 2.35 bits per heavy atom. The average Bonchev–Trinajstić information content (AvgIpc) is 2.89. The van der Waals surface area contributed by atoms with Crippen LogP contribution in [-0.4, -0.2) is 43.9 Å². The standard InChI is InChI=1S/C12H16N4O6S/c1-4-16-9-8(10(19)15(3)12(20)14(9)2)13-11(16)23(21,22)6-5-7(17)18/h4-6H2,1-3H3,(H,17,18). The topological polar surface area (TPSA) is 133 Å². The van der Waals surface area contributed by atoms with Crippen molar-refractivity contribution in [3.8, 4) is 0 Å². The van der Waals surface area contributed by atoms with Gasteiger partial charge in [-0.2, -0.15) is 0 Å². The minimum absolute atomic E-state index is 0.0921. The van der Waals surface area contributed by atoms with Crippen LogP contribution in [0.3, 0.4) is 0 Å². The summed E-state index contributed by atoms with van der Waals surface area (Å²) < 4.78 is 27.9. The third-order valence-electron chi connectivity index (χ3n) is 3.48. The lowest BCUT2D eigenvalue weighted by atomic mass is 10.5. The van der Waals surface area contributed by atoms with Gasteiger partial charge in [-0.15, -0.1) is 0 Å². The normalized spacial score (nSPS) is 12.0. The second kappa shape index (κ2) is 5.65. The molecule has 2 heterocycles. The van der Waals surface area contributed by atoms with Crippen LogP contribution < -0.4 is 11.2 Å². The molecule has 2 rings (SSSR count). The van der Waals surface area contributed by atoms with Crippen LogP contribution in [0.15, 0.2) is 14.7 Å².